The molecule has 1 aromatic heterocycles. The summed E-state index contributed by atoms with van der Waals surface area (Å²) in [4.78, 5) is 15.7. The number of amides is 1. The van der Waals surface area contributed by atoms with Gasteiger partial charge in [0.1, 0.15) is 18.1 Å². The van der Waals surface area contributed by atoms with Crippen molar-refractivity contribution in [1.82, 2.24) is 10.3 Å². The van der Waals surface area contributed by atoms with Crippen molar-refractivity contribution in [2.45, 2.75) is 18.9 Å². The molecule has 1 heterocycles. The summed E-state index contributed by atoms with van der Waals surface area (Å²) in [6, 6.07) is 5.70. The first-order valence-electron chi connectivity index (χ1n) is 6.32. The van der Waals surface area contributed by atoms with E-state index in [0.717, 1.165) is 5.56 Å². The summed E-state index contributed by atoms with van der Waals surface area (Å²) in [5, 5.41) is 2.81. The zero-order chi connectivity index (χ0) is 14.4. The number of nitrogens with zero attached hydrogens (tertiary/aromatic N) is 1. The molecule has 0 radical (unpaired) electrons. The predicted molar refractivity (Wildman–Crippen MR) is 71.2 cm³/mol. The van der Waals surface area contributed by atoms with Crippen LogP contribution in [0.3, 0.4) is 0 Å². The molecule has 1 aromatic carbocycles. The Labute approximate surface area is 116 Å². The van der Waals surface area contributed by atoms with Crippen molar-refractivity contribution in [3.8, 4) is 0 Å². The van der Waals surface area contributed by atoms with E-state index in [0.29, 0.717) is 12.3 Å². The molecule has 0 bridgehead atoms. The van der Waals surface area contributed by atoms with Crippen molar-refractivity contribution in [2.75, 3.05) is 6.54 Å². The normalized spacial score (nSPS) is 12.1. The van der Waals surface area contributed by atoms with Gasteiger partial charge in [0.2, 0.25) is 11.8 Å². The van der Waals surface area contributed by atoms with Crippen molar-refractivity contribution < 1.29 is 13.6 Å². The Hall–Kier alpha value is -2.21. The molecule has 5 nitrogen and oxygen atoms in total. The Bertz CT molecular complexity index is 540. The van der Waals surface area contributed by atoms with Crippen molar-refractivity contribution in [2.24, 2.45) is 5.73 Å². The number of hydrogen-bond donors (Lipinski definition) is 2. The van der Waals surface area contributed by atoms with Crippen LogP contribution in [0.2, 0.25) is 0 Å². The van der Waals surface area contributed by atoms with Gasteiger partial charge >= 0.3 is 0 Å². The Morgan fingerprint density at radius 2 is 2.15 bits per heavy atom. The first-order valence-corrected chi connectivity index (χ1v) is 6.32. The Kier molecular flexibility index (Phi) is 4.84. The summed E-state index contributed by atoms with van der Waals surface area (Å²) >= 11 is 0. The fourth-order valence-corrected chi connectivity index (χ4v) is 1.86. The molecule has 2 rings (SSSR count). The second-order valence-corrected chi connectivity index (χ2v) is 4.36. The maximum absolute atomic E-state index is 12.9. The fraction of sp³-hybridized carbons (Fsp3) is 0.286. The van der Waals surface area contributed by atoms with E-state index in [-0.39, 0.29) is 24.7 Å². The van der Waals surface area contributed by atoms with Crippen LogP contribution >= 0.6 is 0 Å². The van der Waals surface area contributed by atoms with E-state index in [1.165, 1.54) is 24.6 Å². The molecule has 1 atom stereocenters. The summed E-state index contributed by atoms with van der Waals surface area (Å²) in [7, 11) is 0. The van der Waals surface area contributed by atoms with Gasteiger partial charge < -0.3 is 15.5 Å². The number of rotatable bonds is 6. The van der Waals surface area contributed by atoms with Gasteiger partial charge in [0, 0.05) is 19.4 Å². The minimum absolute atomic E-state index is 0.169. The Balaban J connectivity index is 2.10. The van der Waals surface area contributed by atoms with Gasteiger partial charge in [0.05, 0.1) is 6.20 Å². The number of oxazole rings is 1. The number of nitrogens with two attached hydrogens (primary N) is 1. The summed E-state index contributed by atoms with van der Waals surface area (Å²) in [6.45, 7) is 0.278. The molecule has 20 heavy (non-hydrogen) atoms. The number of halogens is 1. The topological polar surface area (TPSA) is 81.2 Å². The lowest BCUT2D eigenvalue weighted by atomic mass is 10.1. The van der Waals surface area contributed by atoms with Crippen LogP contribution < -0.4 is 11.1 Å². The molecule has 6 heteroatoms. The fourth-order valence-electron chi connectivity index (χ4n) is 1.86. The quantitative estimate of drug-likeness (QED) is 0.839. The molecular formula is C14H16FN3O2. The largest absolute Gasteiger partial charge is 0.447 e. The molecule has 3 N–H and O–H groups in total. The molecule has 2 aromatic rings. The molecule has 106 valence electrons. The summed E-state index contributed by atoms with van der Waals surface area (Å²) in [6.07, 6.45) is 3.67. The van der Waals surface area contributed by atoms with Gasteiger partial charge in [-0.2, -0.15) is 0 Å². The highest BCUT2D eigenvalue weighted by molar-refractivity contribution is 5.76. The second-order valence-electron chi connectivity index (χ2n) is 4.36. The highest BCUT2D eigenvalue weighted by Gasteiger charge is 2.19. The van der Waals surface area contributed by atoms with Crippen LogP contribution in [-0.2, 0) is 11.2 Å². The maximum atomic E-state index is 12.9. The third-order valence-electron chi connectivity index (χ3n) is 2.81. The standard InChI is InChI=1S/C14H16FN3O2/c15-11-3-1-10(2-4-11)9-12(14-17-7-8-20-14)18-13(19)5-6-16/h1-4,7-8,12H,5-6,9,16H2,(H,18,19)/t12-/m0/s1. The van der Waals surface area contributed by atoms with Gasteiger partial charge in [-0.3, -0.25) is 4.79 Å². The number of benzene rings is 1. The number of nitrogens with one attached hydrogen (secondary N) is 1. The Morgan fingerprint density at radius 1 is 1.40 bits per heavy atom. The minimum atomic E-state index is -0.394. The van der Waals surface area contributed by atoms with Gasteiger partial charge in [-0.1, -0.05) is 12.1 Å². The van der Waals surface area contributed by atoms with E-state index in [1.54, 1.807) is 12.1 Å². The maximum Gasteiger partial charge on any atom is 0.221 e. The molecule has 0 fully saturated rings. The monoisotopic (exact) mass is 277 g/mol. The third kappa shape index (κ3) is 3.89. The third-order valence-corrected chi connectivity index (χ3v) is 2.81. The summed E-state index contributed by atoms with van der Waals surface area (Å²) in [5.74, 6) is -0.0499. The molecule has 0 aliphatic heterocycles. The van der Waals surface area contributed by atoms with Crippen LogP contribution in [0, 0.1) is 5.82 Å². The molecule has 1 amide bonds. The first kappa shape index (κ1) is 14.2. The number of aromatic nitrogens is 1. The Morgan fingerprint density at radius 3 is 2.75 bits per heavy atom. The van der Waals surface area contributed by atoms with E-state index in [4.69, 9.17) is 10.2 Å². The molecular weight excluding hydrogens is 261 g/mol. The van der Waals surface area contributed by atoms with Crippen LogP contribution in [0.5, 0.6) is 0 Å². The van der Waals surface area contributed by atoms with E-state index >= 15 is 0 Å². The van der Waals surface area contributed by atoms with Gasteiger partial charge in [-0.15, -0.1) is 0 Å². The van der Waals surface area contributed by atoms with Crippen LogP contribution in [0.1, 0.15) is 23.9 Å². The minimum Gasteiger partial charge on any atom is -0.447 e. The lowest BCUT2D eigenvalue weighted by Crippen LogP contribution is -2.31. The van der Waals surface area contributed by atoms with E-state index in [1.807, 2.05) is 0 Å². The van der Waals surface area contributed by atoms with Gasteiger partial charge in [0.25, 0.3) is 0 Å². The highest BCUT2D eigenvalue weighted by Crippen LogP contribution is 2.17. The van der Waals surface area contributed by atoms with Crippen LogP contribution in [0.15, 0.2) is 41.1 Å². The number of carbonyl (C=O) groups is 1. The van der Waals surface area contributed by atoms with Crippen molar-refractivity contribution in [3.05, 3.63) is 54.0 Å². The smallest absolute Gasteiger partial charge is 0.221 e. The lowest BCUT2D eigenvalue weighted by molar-refractivity contribution is -0.121. The SMILES string of the molecule is NCCC(=O)N[C@@H](Cc1ccc(F)cc1)c1ncco1. The average molecular weight is 277 g/mol. The molecule has 0 saturated heterocycles. The summed E-state index contributed by atoms with van der Waals surface area (Å²) in [5.41, 5.74) is 6.23. The van der Waals surface area contributed by atoms with Crippen LogP contribution in [0.4, 0.5) is 4.39 Å². The van der Waals surface area contributed by atoms with Crippen LogP contribution in [-0.4, -0.2) is 17.4 Å². The van der Waals surface area contributed by atoms with Gasteiger partial charge in [-0.05, 0) is 17.7 Å². The number of carbonyl (C=O) groups excluding carboxylic acids is 1. The zero-order valence-electron chi connectivity index (χ0n) is 10.9. The molecule has 0 unspecified atom stereocenters. The van der Waals surface area contributed by atoms with Crippen LogP contribution in [0.25, 0.3) is 0 Å². The average Bonchev–Trinajstić information content (AvgIpc) is 2.95. The van der Waals surface area contributed by atoms with Crippen molar-refractivity contribution in [3.63, 3.8) is 0 Å². The van der Waals surface area contributed by atoms with E-state index in [9.17, 15) is 9.18 Å². The van der Waals surface area contributed by atoms with E-state index < -0.39 is 6.04 Å². The highest BCUT2D eigenvalue weighted by atomic mass is 19.1. The van der Waals surface area contributed by atoms with Gasteiger partial charge in [-0.25, -0.2) is 9.37 Å². The zero-order valence-corrected chi connectivity index (χ0v) is 10.9. The summed E-state index contributed by atoms with van der Waals surface area (Å²) < 4.78 is 18.1. The van der Waals surface area contributed by atoms with Gasteiger partial charge in [0.15, 0.2) is 0 Å². The molecule has 0 spiro atoms. The molecule has 0 aliphatic carbocycles. The van der Waals surface area contributed by atoms with Crippen molar-refractivity contribution in [1.29, 1.82) is 0 Å². The predicted octanol–water partition coefficient (Wildman–Crippen LogP) is 1.56. The van der Waals surface area contributed by atoms with E-state index in [2.05, 4.69) is 10.3 Å². The number of hydrogen-bond acceptors (Lipinski definition) is 4. The lowest BCUT2D eigenvalue weighted by Gasteiger charge is -2.15. The molecule has 0 aliphatic rings. The van der Waals surface area contributed by atoms with Crippen molar-refractivity contribution >= 4 is 5.91 Å². The first-order chi connectivity index (χ1) is 9.69. The second kappa shape index (κ2) is 6.81. The molecule has 0 saturated carbocycles.